The van der Waals surface area contributed by atoms with E-state index in [1.54, 1.807) is 90.0 Å². The molecule has 3 amide bonds. The Morgan fingerprint density at radius 3 is 2.30 bits per heavy atom. The number of aliphatic carboxylic acids is 1. The molecule has 238 valence electrons. The molecule has 1 aromatic heterocycles. The highest BCUT2D eigenvalue weighted by molar-refractivity contribution is 6.01. The zero-order valence-electron chi connectivity index (χ0n) is 25.3. The molecule has 12 nitrogen and oxygen atoms in total. The van der Waals surface area contributed by atoms with E-state index in [-0.39, 0.29) is 24.5 Å². The van der Waals surface area contributed by atoms with Crippen LogP contribution in [0.2, 0.25) is 0 Å². The van der Waals surface area contributed by atoms with Crippen molar-refractivity contribution in [3.05, 3.63) is 120 Å². The second-order valence-corrected chi connectivity index (χ2v) is 10.8. The number of nitrogens with one attached hydrogen (secondary N) is 2. The number of carboxylic acids is 1. The van der Waals surface area contributed by atoms with Crippen LogP contribution in [0.15, 0.2) is 97.3 Å². The molecule has 1 aliphatic rings. The Balaban J connectivity index is 1.34. The fourth-order valence-electron chi connectivity index (χ4n) is 5.18. The molecule has 4 aromatic rings. The molecule has 1 unspecified atom stereocenters. The SMILES string of the molecule is N#Cc1ccc(C(=O)N2CCN(c3ccc(C(=O)NC(CC(=O)O)c4cccnc4)cc3NC(=O)COc3ccccc3)CC2)cc1. The van der Waals surface area contributed by atoms with E-state index in [1.807, 2.05) is 17.0 Å². The fourth-order valence-corrected chi connectivity index (χ4v) is 5.18. The molecule has 12 heteroatoms. The number of nitrogens with zero attached hydrogens (tertiary/aromatic N) is 4. The first-order valence-corrected chi connectivity index (χ1v) is 14.9. The van der Waals surface area contributed by atoms with Gasteiger partial charge in [0.2, 0.25) is 0 Å². The molecule has 0 saturated carbocycles. The minimum Gasteiger partial charge on any atom is -0.484 e. The van der Waals surface area contributed by atoms with Gasteiger partial charge in [0.05, 0.1) is 35.5 Å². The molecule has 1 fully saturated rings. The normalized spacial score (nSPS) is 13.2. The van der Waals surface area contributed by atoms with Crippen molar-refractivity contribution in [3.63, 3.8) is 0 Å². The molecule has 1 aliphatic heterocycles. The van der Waals surface area contributed by atoms with E-state index in [1.165, 1.54) is 6.20 Å². The number of hydrogen-bond acceptors (Lipinski definition) is 8. The van der Waals surface area contributed by atoms with E-state index in [2.05, 4.69) is 15.6 Å². The molecule has 1 atom stereocenters. The number of anilines is 2. The third-order valence-corrected chi connectivity index (χ3v) is 7.59. The molecule has 3 N–H and O–H groups in total. The summed E-state index contributed by atoms with van der Waals surface area (Å²) in [6.07, 6.45) is 2.71. The van der Waals surface area contributed by atoms with Crippen LogP contribution in [0.5, 0.6) is 5.75 Å². The van der Waals surface area contributed by atoms with E-state index < -0.39 is 23.8 Å². The molecule has 5 rings (SSSR count). The standard InChI is InChI=1S/C35H32N6O6/c36-21-24-8-10-25(11-9-24)35(46)41-17-15-40(16-18-41)31-13-12-26(19-30(31)38-32(42)23-47-28-6-2-1-3-7-28)34(45)39-29(20-33(43)44)27-5-4-14-37-22-27/h1-14,19,22,29H,15-18,20,23H2,(H,38,42)(H,39,45)(H,43,44). The molecule has 47 heavy (non-hydrogen) atoms. The zero-order chi connectivity index (χ0) is 33.2. The van der Waals surface area contributed by atoms with E-state index in [4.69, 9.17) is 10.00 Å². The quantitative estimate of drug-likeness (QED) is 0.223. The maximum Gasteiger partial charge on any atom is 0.305 e. The number of piperazine rings is 1. The summed E-state index contributed by atoms with van der Waals surface area (Å²) in [5.74, 6) is -1.67. The largest absolute Gasteiger partial charge is 0.484 e. The maximum absolute atomic E-state index is 13.4. The summed E-state index contributed by atoms with van der Waals surface area (Å²) in [6.45, 7) is 1.47. The number of carbonyl (C=O) groups excluding carboxylic acids is 3. The van der Waals surface area contributed by atoms with Crippen LogP contribution >= 0.6 is 0 Å². The molecule has 3 aromatic carbocycles. The number of amides is 3. The van der Waals surface area contributed by atoms with Crippen LogP contribution in [0, 0.1) is 11.3 Å². The van der Waals surface area contributed by atoms with E-state index in [0.717, 1.165) is 0 Å². The predicted octanol–water partition coefficient (Wildman–Crippen LogP) is 3.88. The van der Waals surface area contributed by atoms with Gasteiger partial charge >= 0.3 is 5.97 Å². The Labute approximate surface area is 271 Å². The van der Waals surface area contributed by atoms with Gasteiger partial charge in [0.1, 0.15) is 5.75 Å². The summed E-state index contributed by atoms with van der Waals surface area (Å²) in [7, 11) is 0. The van der Waals surface area contributed by atoms with Crippen molar-refractivity contribution in [2.75, 3.05) is 43.0 Å². The molecule has 0 aliphatic carbocycles. The molecule has 0 bridgehead atoms. The lowest BCUT2D eigenvalue weighted by molar-refractivity contribution is -0.137. The first-order valence-electron chi connectivity index (χ1n) is 14.9. The van der Waals surface area contributed by atoms with Crippen LogP contribution in [-0.4, -0.2) is 71.5 Å². The minimum absolute atomic E-state index is 0.141. The average molecular weight is 633 g/mol. The second-order valence-electron chi connectivity index (χ2n) is 10.8. The van der Waals surface area contributed by atoms with Crippen LogP contribution in [0.4, 0.5) is 11.4 Å². The topological polar surface area (TPSA) is 165 Å². The third kappa shape index (κ3) is 8.49. The summed E-state index contributed by atoms with van der Waals surface area (Å²) >= 11 is 0. The average Bonchev–Trinajstić information content (AvgIpc) is 3.11. The molecular formula is C35H32N6O6. The number of pyridine rings is 1. The Bertz CT molecular complexity index is 1770. The van der Waals surface area contributed by atoms with Crippen LogP contribution in [-0.2, 0) is 9.59 Å². The number of nitriles is 1. The number of carboxylic acid groups (broad SMARTS) is 1. The minimum atomic E-state index is -1.09. The van der Waals surface area contributed by atoms with Crippen LogP contribution < -0.4 is 20.3 Å². The van der Waals surface area contributed by atoms with Crippen molar-refractivity contribution in [3.8, 4) is 11.8 Å². The summed E-state index contributed by atoms with van der Waals surface area (Å²) in [5, 5.41) is 24.1. The first kappa shape index (κ1) is 32.2. The monoisotopic (exact) mass is 632 g/mol. The van der Waals surface area contributed by atoms with E-state index in [0.29, 0.717) is 60.0 Å². The lowest BCUT2D eigenvalue weighted by Gasteiger charge is -2.37. The summed E-state index contributed by atoms with van der Waals surface area (Å²) in [4.78, 5) is 58.9. The van der Waals surface area contributed by atoms with Crippen molar-refractivity contribution in [1.29, 1.82) is 5.26 Å². The third-order valence-electron chi connectivity index (χ3n) is 7.59. The van der Waals surface area contributed by atoms with Crippen LogP contribution in [0.1, 0.15) is 44.3 Å². The zero-order valence-corrected chi connectivity index (χ0v) is 25.3. The van der Waals surface area contributed by atoms with Gasteiger partial charge in [-0.15, -0.1) is 0 Å². The van der Waals surface area contributed by atoms with Gasteiger partial charge in [0.25, 0.3) is 17.7 Å². The number of para-hydroxylation sites is 1. The molecule has 0 spiro atoms. The van der Waals surface area contributed by atoms with Crippen molar-refractivity contribution >= 4 is 35.1 Å². The van der Waals surface area contributed by atoms with Gasteiger partial charge in [-0.25, -0.2) is 0 Å². The second kappa shape index (κ2) is 15.2. The van der Waals surface area contributed by atoms with Gasteiger partial charge in [-0.1, -0.05) is 24.3 Å². The summed E-state index contributed by atoms with van der Waals surface area (Å²) in [6, 6.07) is 24.8. The number of benzene rings is 3. The maximum atomic E-state index is 13.4. The van der Waals surface area contributed by atoms with Gasteiger partial charge in [-0.3, -0.25) is 24.2 Å². The predicted molar refractivity (Wildman–Crippen MR) is 173 cm³/mol. The number of aromatic nitrogens is 1. The molecule has 2 heterocycles. The van der Waals surface area contributed by atoms with Crippen molar-refractivity contribution in [2.24, 2.45) is 0 Å². The Morgan fingerprint density at radius 2 is 1.64 bits per heavy atom. The first-order chi connectivity index (χ1) is 22.8. The lowest BCUT2D eigenvalue weighted by Crippen LogP contribution is -2.49. The fraction of sp³-hybridized carbons (Fsp3) is 0.200. The van der Waals surface area contributed by atoms with Gasteiger partial charge < -0.3 is 30.3 Å². The van der Waals surface area contributed by atoms with Crippen LogP contribution in [0.25, 0.3) is 0 Å². The smallest absolute Gasteiger partial charge is 0.305 e. The number of carbonyl (C=O) groups is 4. The number of ether oxygens (including phenoxy) is 1. The Kier molecular flexibility index (Phi) is 10.4. The van der Waals surface area contributed by atoms with Crippen molar-refractivity contribution in [2.45, 2.75) is 12.5 Å². The van der Waals surface area contributed by atoms with Crippen molar-refractivity contribution in [1.82, 2.24) is 15.2 Å². The van der Waals surface area contributed by atoms with Gasteiger partial charge in [-0.2, -0.15) is 5.26 Å². The number of rotatable bonds is 11. The highest BCUT2D eigenvalue weighted by Crippen LogP contribution is 2.29. The molecular weight excluding hydrogens is 600 g/mol. The molecule has 0 radical (unpaired) electrons. The highest BCUT2D eigenvalue weighted by Gasteiger charge is 2.26. The number of hydrogen-bond donors (Lipinski definition) is 3. The summed E-state index contributed by atoms with van der Waals surface area (Å²) in [5.41, 5.74) is 2.73. The lowest BCUT2D eigenvalue weighted by atomic mass is 10.0. The van der Waals surface area contributed by atoms with E-state index in [9.17, 15) is 24.3 Å². The van der Waals surface area contributed by atoms with Crippen molar-refractivity contribution < 1.29 is 29.0 Å². The van der Waals surface area contributed by atoms with Gasteiger partial charge in [-0.05, 0) is 66.2 Å². The highest BCUT2D eigenvalue weighted by atomic mass is 16.5. The van der Waals surface area contributed by atoms with Crippen LogP contribution in [0.3, 0.4) is 0 Å². The Morgan fingerprint density at radius 1 is 0.915 bits per heavy atom. The summed E-state index contributed by atoms with van der Waals surface area (Å²) < 4.78 is 5.61. The Hall–Kier alpha value is -6.22. The van der Waals surface area contributed by atoms with Gasteiger partial charge in [0.15, 0.2) is 6.61 Å². The van der Waals surface area contributed by atoms with E-state index >= 15 is 0 Å². The van der Waals surface area contributed by atoms with Gasteiger partial charge in [0, 0.05) is 49.7 Å². The molecule has 1 saturated heterocycles.